The Bertz CT molecular complexity index is 614. The molecule has 1 saturated carbocycles. The number of anilines is 1. The molecule has 4 heteroatoms. The fourth-order valence-corrected chi connectivity index (χ4v) is 3.09. The van der Waals surface area contributed by atoms with Gasteiger partial charge in [0.25, 0.3) is 0 Å². The second-order valence-corrected chi connectivity index (χ2v) is 5.80. The minimum absolute atomic E-state index is 0.211. The van der Waals surface area contributed by atoms with Crippen molar-refractivity contribution in [1.29, 1.82) is 0 Å². The molecule has 0 amide bonds. The molecule has 2 unspecified atom stereocenters. The Labute approximate surface area is 125 Å². The highest BCUT2D eigenvalue weighted by atomic mass is 16.5. The third kappa shape index (κ3) is 3.10. The van der Waals surface area contributed by atoms with Crippen LogP contribution in [-0.2, 0) is 0 Å². The summed E-state index contributed by atoms with van der Waals surface area (Å²) in [6.07, 6.45) is 7.81. The van der Waals surface area contributed by atoms with E-state index >= 15 is 0 Å². The van der Waals surface area contributed by atoms with Crippen LogP contribution in [0.1, 0.15) is 32.1 Å². The van der Waals surface area contributed by atoms with Crippen LogP contribution in [0, 0.1) is 0 Å². The van der Waals surface area contributed by atoms with Gasteiger partial charge in [0.05, 0.1) is 7.11 Å². The molecule has 2 aromatic rings. The molecule has 0 aliphatic heterocycles. The van der Waals surface area contributed by atoms with Gasteiger partial charge in [-0.3, -0.25) is 0 Å². The molecule has 2 atom stereocenters. The van der Waals surface area contributed by atoms with E-state index in [0.717, 1.165) is 35.2 Å². The number of pyridine rings is 1. The third-order valence-electron chi connectivity index (χ3n) is 4.36. The van der Waals surface area contributed by atoms with E-state index in [9.17, 15) is 0 Å². The van der Waals surface area contributed by atoms with Crippen molar-refractivity contribution in [2.45, 2.75) is 44.2 Å². The number of rotatable bonds is 3. The van der Waals surface area contributed by atoms with Gasteiger partial charge in [-0.15, -0.1) is 0 Å². The van der Waals surface area contributed by atoms with Crippen LogP contribution >= 0.6 is 0 Å². The summed E-state index contributed by atoms with van der Waals surface area (Å²) in [6, 6.07) is 8.61. The highest BCUT2D eigenvalue weighted by Gasteiger charge is 2.21. The number of hydrogen-bond donors (Lipinski definition) is 2. The summed E-state index contributed by atoms with van der Waals surface area (Å²) in [4.78, 5) is 4.51. The smallest absolute Gasteiger partial charge is 0.134 e. The summed E-state index contributed by atoms with van der Waals surface area (Å²) in [7, 11) is 1.69. The Morgan fingerprint density at radius 1 is 1.19 bits per heavy atom. The number of hydrogen-bond acceptors (Lipinski definition) is 4. The van der Waals surface area contributed by atoms with Crippen LogP contribution in [0.3, 0.4) is 0 Å². The van der Waals surface area contributed by atoms with E-state index in [4.69, 9.17) is 10.5 Å². The van der Waals surface area contributed by atoms with Gasteiger partial charge in [-0.25, -0.2) is 4.98 Å². The quantitative estimate of drug-likeness (QED) is 0.849. The van der Waals surface area contributed by atoms with Crippen LogP contribution in [0.15, 0.2) is 30.5 Å². The summed E-state index contributed by atoms with van der Waals surface area (Å²) in [5, 5.41) is 5.83. The second kappa shape index (κ2) is 6.31. The van der Waals surface area contributed by atoms with Gasteiger partial charge in [0, 0.05) is 23.7 Å². The molecule has 1 aromatic carbocycles. The van der Waals surface area contributed by atoms with Crippen LogP contribution in [0.4, 0.5) is 5.82 Å². The van der Waals surface area contributed by atoms with Crippen LogP contribution < -0.4 is 15.8 Å². The van der Waals surface area contributed by atoms with E-state index < -0.39 is 0 Å². The van der Waals surface area contributed by atoms with Gasteiger partial charge in [-0.05, 0) is 42.5 Å². The molecule has 4 nitrogen and oxygen atoms in total. The van der Waals surface area contributed by atoms with Gasteiger partial charge in [-0.2, -0.15) is 0 Å². The zero-order valence-electron chi connectivity index (χ0n) is 12.5. The SMILES string of the molecule is COc1ccc2c(NC3CCCCCC3N)nccc2c1. The van der Waals surface area contributed by atoms with Crippen LogP contribution in [0.2, 0.25) is 0 Å². The Hall–Kier alpha value is -1.81. The summed E-state index contributed by atoms with van der Waals surface area (Å²) in [5.74, 6) is 1.79. The standard InChI is InChI=1S/C17H23N3O/c1-21-13-7-8-14-12(11-13)9-10-19-17(14)20-16-6-4-2-3-5-15(16)18/h7-11,15-16H,2-6,18H2,1H3,(H,19,20). The predicted octanol–water partition coefficient (Wildman–Crippen LogP) is 3.32. The molecule has 0 spiro atoms. The summed E-state index contributed by atoms with van der Waals surface area (Å²) in [6.45, 7) is 0. The molecule has 112 valence electrons. The zero-order valence-corrected chi connectivity index (χ0v) is 12.5. The maximum Gasteiger partial charge on any atom is 0.134 e. The van der Waals surface area contributed by atoms with Gasteiger partial charge < -0.3 is 15.8 Å². The fourth-order valence-electron chi connectivity index (χ4n) is 3.09. The van der Waals surface area contributed by atoms with Gasteiger partial charge in [0.2, 0.25) is 0 Å². The van der Waals surface area contributed by atoms with Crippen molar-refractivity contribution in [1.82, 2.24) is 4.98 Å². The molecule has 1 aliphatic carbocycles. The van der Waals surface area contributed by atoms with Crippen molar-refractivity contribution in [2.24, 2.45) is 5.73 Å². The Kier molecular flexibility index (Phi) is 4.25. The van der Waals surface area contributed by atoms with Crippen LogP contribution in [-0.4, -0.2) is 24.2 Å². The minimum atomic E-state index is 0.211. The first-order valence-electron chi connectivity index (χ1n) is 7.73. The van der Waals surface area contributed by atoms with Crippen LogP contribution in [0.25, 0.3) is 10.8 Å². The van der Waals surface area contributed by atoms with E-state index in [1.165, 1.54) is 19.3 Å². The number of nitrogens with two attached hydrogens (primary N) is 1. The summed E-state index contributed by atoms with van der Waals surface area (Å²) in [5.41, 5.74) is 6.31. The van der Waals surface area contributed by atoms with Crippen molar-refractivity contribution < 1.29 is 4.74 Å². The highest BCUT2D eigenvalue weighted by molar-refractivity contribution is 5.92. The lowest BCUT2D eigenvalue weighted by Crippen LogP contribution is -2.39. The van der Waals surface area contributed by atoms with E-state index in [1.54, 1.807) is 7.11 Å². The first-order valence-corrected chi connectivity index (χ1v) is 7.73. The van der Waals surface area contributed by atoms with Crippen LogP contribution in [0.5, 0.6) is 5.75 Å². The number of benzene rings is 1. The molecule has 1 aromatic heterocycles. The molecule has 3 rings (SSSR count). The Balaban J connectivity index is 1.89. The summed E-state index contributed by atoms with van der Waals surface area (Å²) < 4.78 is 5.28. The molecular weight excluding hydrogens is 262 g/mol. The topological polar surface area (TPSA) is 60.2 Å². The first-order chi connectivity index (χ1) is 10.3. The van der Waals surface area contributed by atoms with Crippen molar-refractivity contribution in [3.05, 3.63) is 30.5 Å². The lowest BCUT2D eigenvalue weighted by Gasteiger charge is -2.24. The largest absolute Gasteiger partial charge is 0.497 e. The number of fused-ring (bicyclic) bond motifs is 1. The molecule has 1 heterocycles. The van der Waals surface area contributed by atoms with Crippen molar-refractivity contribution in [2.75, 3.05) is 12.4 Å². The van der Waals surface area contributed by atoms with Crippen molar-refractivity contribution in [3.63, 3.8) is 0 Å². The Morgan fingerprint density at radius 2 is 2.05 bits per heavy atom. The van der Waals surface area contributed by atoms with Crippen molar-refractivity contribution >= 4 is 16.6 Å². The second-order valence-electron chi connectivity index (χ2n) is 5.80. The highest BCUT2D eigenvalue weighted by Crippen LogP contribution is 2.27. The van der Waals surface area contributed by atoms with E-state index in [2.05, 4.69) is 16.4 Å². The maximum absolute atomic E-state index is 6.31. The normalized spacial score (nSPS) is 22.8. The number of nitrogens with zero attached hydrogens (tertiary/aromatic N) is 1. The molecule has 3 N–H and O–H groups in total. The van der Waals surface area contributed by atoms with Crippen molar-refractivity contribution in [3.8, 4) is 5.75 Å². The number of aromatic nitrogens is 1. The van der Waals surface area contributed by atoms with Gasteiger partial charge in [0.15, 0.2) is 0 Å². The molecule has 21 heavy (non-hydrogen) atoms. The molecular formula is C17H23N3O. The maximum atomic E-state index is 6.31. The molecule has 1 aliphatic rings. The molecule has 0 radical (unpaired) electrons. The lowest BCUT2D eigenvalue weighted by molar-refractivity contribution is 0.415. The van der Waals surface area contributed by atoms with Gasteiger partial charge >= 0.3 is 0 Å². The molecule has 0 bridgehead atoms. The third-order valence-corrected chi connectivity index (χ3v) is 4.36. The summed E-state index contributed by atoms with van der Waals surface area (Å²) >= 11 is 0. The first kappa shape index (κ1) is 14.1. The monoisotopic (exact) mass is 285 g/mol. The van der Waals surface area contributed by atoms with E-state index in [1.807, 2.05) is 24.4 Å². The number of nitrogens with one attached hydrogen (secondary N) is 1. The number of methoxy groups -OCH3 is 1. The average Bonchev–Trinajstić information content (AvgIpc) is 2.72. The minimum Gasteiger partial charge on any atom is -0.497 e. The van der Waals surface area contributed by atoms with E-state index in [0.29, 0.717) is 6.04 Å². The molecule has 1 fully saturated rings. The lowest BCUT2D eigenvalue weighted by atomic mass is 10.0. The van der Waals surface area contributed by atoms with Gasteiger partial charge in [0.1, 0.15) is 11.6 Å². The molecule has 0 saturated heterocycles. The van der Waals surface area contributed by atoms with E-state index in [-0.39, 0.29) is 6.04 Å². The fraction of sp³-hybridized carbons (Fsp3) is 0.471. The Morgan fingerprint density at radius 3 is 2.90 bits per heavy atom. The van der Waals surface area contributed by atoms with Gasteiger partial charge in [-0.1, -0.05) is 19.3 Å². The zero-order chi connectivity index (χ0) is 14.7. The predicted molar refractivity (Wildman–Crippen MR) is 86.8 cm³/mol. The average molecular weight is 285 g/mol. The number of ether oxygens (including phenoxy) is 1.